The van der Waals surface area contributed by atoms with Crippen LogP contribution < -0.4 is 9.47 Å². The van der Waals surface area contributed by atoms with Gasteiger partial charge in [0.2, 0.25) is 0 Å². The molecule has 3 heteroatoms. The molecule has 84 valence electrons. The van der Waals surface area contributed by atoms with Crippen LogP contribution in [0.25, 0.3) is 0 Å². The lowest BCUT2D eigenvalue weighted by Crippen LogP contribution is -2.02. The fourth-order valence-electron chi connectivity index (χ4n) is 1.69. The maximum Gasteiger partial charge on any atom is 0.126 e. The monoisotopic (exact) mass is 210 g/mol. The fraction of sp³-hybridized carbons (Fsp3) is 0.500. The minimum Gasteiger partial charge on any atom is -0.497 e. The summed E-state index contributed by atoms with van der Waals surface area (Å²) in [6.45, 7) is 3.78. The normalized spacial score (nSPS) is 12.3. The van der Waals surface area contributed by atoms with Crippen LogP contribution in [0.1, 0.15) is 31.1 Å². The first-order valence-corrected chi connectivity index (χ1v) is 5.06. The molecular weight excluding hydrogens is 192 g/mol. The molecule has 0 fully saturated rings. The Morgan fingerprint density at radius 3 is 2.33 bits per heavy atom. The van der Waals surface area contributed by atoms with E-state index in [0.717, 1.165) is 23.3 Å². The number of aliphatic hydroxyl groups is 1. The van der Waals surface area contributed by atoms with Gasteiger partial charge in [-0.05, 0) is 30.5 Å². The number of benzene rings is 1. The summed E-state index contributed by atoms with van der Waals surface area (Å²) in [5.41, 5.74) is 1.90. The third-order valence-corrected chi connectivity index (χ3v) is 2.48. The van der Waals surface area contributed by atoms with Crippen LogP contribution in [-0.2, 0) is 6.42 Å². The molecule has 0 bridgehead atoms. The highest BCUT2D eigenvalue weighted by Crippen LogP contribution is 2.32. The van der Waals surface area contributed by atoms with Crippen LogP contribution in [-0.4, -0.2) is 19.3 Å². The minimum absolute atomic E-state index is 0.510. The predicted octanol–water partition coefficient (Wildman–Crippen LogP) is 2.32. The van der Waals surface area contributed by atoms with Gasteiger partial charge in [0.05, 0.1) is 20.3 Å². The second kappa shape index (κ2) is 5.03. The molecule has 0 amide bonds. The summed E-state index contributed by atoms with van der Waals surface area (Å²) in [7, 11) is 3.23. The van der Waals surface area contributed by atoms with Crippen LogP contribution in [0.5, 0.6) is 11.5 Å². The smallest absolute Gasteiger partial charge is 0.126 e. The van der Waals surface area contributed by atoms with E-state index in [1.165, 1.54) is 0 Å². The van der Waals surface area contributed by atoms with Crippen molar-refractivity contribution in [2.24, 2.45) is 0 Å². The summed E-state index contributed by atoms with van der Waals surface area (Å²) in [5, 5.41) is 9.66. The number of hydrogen-bond acceptors (Lipinski definition) is 3. The molecule has 1 atom stereocenters. The highest BCUT2D eigenvalue weighted by atomic mass is 16.5. The lowest BCUT2D eigenvalue weighted by molar-refractivity contribution is 0.197. The van der Waals surface area contributed by atoms with Gasteiger partial charge in [0.15, 0.2) is 0 Å². The lowest BCUT2D eigenvalue weighted by atomic mass is 9.99. The SMILES string of the molecule is CCc1c(OC)cc(OC)cc1C(C)O. The Morgan fingerprint density at radius 1 is 1.27 bits per heavy atom. The molecule has 0 aliphatic heterocycles. The van der Waals surface area contributed by atoms with Gasteiger partial charge in [-0.3, -0.25) is 0 Å². The van der Waals surface area contributed by atoms with Crippen molar-refractivity contribution >= 4 is 0 Å². The van der Waals surface area contributed by atoms with Crippen LogP contribution in [0.3, 0.4) is 0 Å². The van der Waals surface area contributed by atoms with Crippen molar-refractivity contribution in [2.75, 3.05) is 14.2 Å². The Balaban J connectivity index is 3.32. The van der Waals surface area contributed by atoms with Crippen molar-refractivity contribution in [3.63, 3.8) is 0 Å². The summed E-state index contributed by atoms with van der Waals surface area (Å²) >= 11 is 0. The average molecular weight is 210 g/mol. The number of methoxy groups -OCH3 is 2. The van der Waals surface area contributed by atoms with Crippen LogP contribution in [0.4, 0.5) is 0 Å². The van der Waals surface area contributed by atoms with Crippen molar-refractivity contribution in [3.8, 4) is 11.5 Å². The summed E-state index contributed by atoms with van der Waals surface area (Å²) < 4.78 is 10.4. The summed E-state index contributed by atoms with van der Waals surface area (Å²) in [5.74, 6) is 1.48. The molecule has 1 unspecified atom stereocenters. The standard InChI is InChI=1S/C12H18O3/c1-5-10-11(8(2)13)6-9(14-3)7-12(10)15-4/h6-8,13H,5H2,1-4H3. The van der Waals surface area contributed by atoms with Gasteiger partial charge in [0.1, 0.15) is 11.5 Å². The molecule has 0 radical (unpaired) electrons. The molecule has 0 spiro atoms. The molecule has 0 saturated heterocycles. The van der Waals surface area contributed by atoms with E-state index in [-0.39, 0.29) is 0 Å². The van der Waals surface area contributed by atoms with E-state index in [4.69, 9.17) is 9.47 Å². The number of aliphatic hydroxyl groups excluding tert-OH is 1. The maximum atomic E-state index is 9.66. The van der Waals surface area contributed by atoms with E-state index < -0.39 is 6.10 Å². The molecular formula is C12H18O3. The van der Waals surface area contributed by atoms with Gasteiger partial charge < -0.3 is 14.6 Å². The van der Waals surface area contributed by atoms with Crippen molar-refractivity contribution in [2.45, 2.75) is 26.4 Å². The summed E-state index contributed by atoms with van der Waals surface area (Å²) in [4.78, 5) is 0. The Kier molecular flexibility index (Phi) is 3.97. The molecule has 3 nitrogen and oxygen atoms in total. The average Bonchev–Trinajstić information content (AvgIpc) is 2.26. The van der Waals surface area contributed by atoms with E-state index in [1.807, 2.05) is 19.1 Å². The molecule has 0 saturated carbocycles. The van der Waals surface area contributed by atoms with E-state index in [0.29, 0.717) is 5.75 Å². The topological polar surface area (TPSA) is 38.7 Å². The number of rotatable bonds is 4. The van der Waals surface area contributed by atoms with Crippen molar-refractivity contribution in [3.05, 3.63) is 23.3 Å². The number of ether oxygens (including phenoxy) is 2. The molecule has 1 N–H and O–H groups in total. The van der Waals surface area contributed by atoms with Gasteiger partial charge in [-0.1, -0.05) is 6.92 Å². The highest BCUT2D eigenvalue weighted by molar-refractivity contribution is 5.47. The van der Waals surface area contributed by atoms with Gasteiger partial charge in [0.25, 0.3) is 0 Å². The molecule has 0 heterocycles. The Bertz CT molecular complexity index is 332. The van der Waals surface area contributed by atoms with Crippen molar-refractivity contribution in [1.82, 2.24) is 0 Å². The van der Waals surface area contributed by atoms with Gasteiger partial charge in [-0.15, -0.1) is 0 Å². The van der Waals surface area contributed by atoms with Gasteiger partial charge in [0, 0.05) is 6.07 Å². The quantitative estimate of drug-likeness (QED) is 0.828. The predicted molar refractivity (Wildman–Crippen MR) is 59.6 cm³/mol. The first-order valence-electron chi connectivity index (χ1n) is 5.06. The van der Waals surface area contributed by atoms with Gasteiger partial charge in [-0.25, -0.2) is 0 Å². The van der Waals surface area contributed by atoms with E-state index in [9.17, 15) is 5.11 Å². The van der Waals surface area contributed by atoms with E-state index >= 15 is 0 Å². The van der Waals surface area contributed by atoms with Gasteiger partial charge in [-0.2, -0.15) is 0 Å². The van der Waals surface area contributed by atoms with Crippen molar-refractivity contribution < 1.29 is 14.6 Å². The Hall–Kier alpha value is -1.22. The zero-order valence-corrected chi connectivity index (χ0v) is 9.70. The first kappa shape index (κ1) is 11.9. The Labute approximate surface area is 90.6 Å². The fourth-order valence-corrected chi connectivity index (χ4v) is 1.69. The molecule has 15 heavy (non-hydrogen) atoms. The lowest BCUT2D eigenvalue weighted by Gasteiger charge is -2.16. The molecule has 1 aromatic carbocycles. The van der Waals surface area contributed by atoms with Crippen molar-refractivity contribution in [1.29, 1.82) is 0 Å². The molecule has 1 rings (SSSR count). The number of hydrogen-bond donors (Lipinski definition) is 1. The molecule has 1 aromatic rings. The van der Waals surface area contributed by atoms with Gasteiger partial charge >= 0.3 is 0 Å². The highest BCUT2D eigenvalue weighted by Gasteiger charge is 2.13. The summed E-state index contributed by atoms with van der Waals surface area (Å²) in [6, 6.07) is 3.69. The molecule has 0 aromatic heterocycles. The second-order valence-electron chi connectivity index (χ2n) is 3.43. The minimum atomic E-state index is -0.510. The largest absolute Gasteiger partial charge is 0.497 e. The third kappa shape index (κ3) is 2.42. The third-order valence-electron chi connectivity index (χ3n) is 2.48. The second-order valence-corrected chi connectivity index (χ2v) is 3.43. The maximum absolute atomic E-state index is 9.66. The van der Waals surface area contributed by atoms with Crippen LogP contribution >= 0.6 is 0 Å². The van der Waals surface area contributed by atoms with Crippen LogP contribution in [0, 0.1) is 0 Å². The summed E-state index contributed by atoms with van der Waals surface area (Å²) in [6.07, 6.45) is 0.317. The first-order chi connectivity index (χ1) is 7.13. The Morgan fingerprint density at radius 2 is 1.93 bits per heavy atom. The zero-order valence-electron chi connectivity index (χ0n) is 9.70. The van der Waals surface area contributed by atoms with Crippen LogP contribution in [0.2, 0.25) is 0 Å². The molecule has 0 aliphatic rings. The zero-order chi connectivity index (χ0) is 11.4. The molecule has 0 aliphatic carbocycles. The van der Waals surface area contributed by atoms with Crippen LogP contribution in [0.15, 0.2) is 12.1 Å². The van der Waals surface area contributed by atoms with E-state index in [1.54, 1.807) is 21.1 Å². The van der Waals surface area contributed by atoms with E-state index in [2.05, 4.69) is 0 Å².